The maximum atomic E-state index is 13.7. The van der Waals surface area contributed by atoms with E-state index in [4.69, 9.17) is 16.6 Å². The number of thioether (sulfide) groups is 1. The summed E-state index contributed by atoms with van der Waals surface area (Å²) in [6.45, 7) is 0. The van der Waals surface area contributed by atoms with E-state index in [0.29, 0.717) is 38.7 Å². The summed E-state index contributed by atoms with van der Waals surface area (Å²) in [6, 6.07) is 13.1. The minimum atomic E-state index is -0.154. The zero-order valence-electron chi connectivity index (χ0n) is 17.3. The van der Waals surface area contributed by atoms with Gasteiger partial charge in [0.1, 0.15) is 22.7 Å². The number of benzene rings is 2. The van der Waals surface area contributed by atoms with E-state index in [2.05, 4.69) is 19.9 Å². The molecule has 0 bridgehead atoms. The quantitative estimate of drug-likeness (QED) is 0.312. The van der Waals surface area contributed by atoms with Crippen molar-refractivity contribution in [3.8, 4) is 11.1 Å². The number of H-pyrrole nitrogens is 1. The third-order valence-electron chi connectivity index (χ3n) is 5.03. The van der Waals surface area contributed by atoms with Crippen LogP contribution in [0.2, 0.25) is 5.02 Å². The highest BCUT2D eigenvalue weighted by Gasteiger charge is 2.18. The highest BCUT2D eigenvalue weighted by Crippen LogP contribution is 2.32. The third-order valence-corrected chi connectivity index (χ3v) is 6.33. The number of nitrogens with one attached hydrogen (secondary N) is 1. The molecule has 5 rings (SSSR count). The molecule has 3 heterocycles. The topological polar surface area (TPSA) is 92.6 Å². The predicted octanol–water partition coefficient (Wildman–Crippen LogP) is 3.87. The summed E-state index contributed by atoms with van der Waals surface area (Å²) >= 11 is 7.89. The maximum absolute atomic E-state index is 13.7. The number of hydrogen-bond donors (Lipinski definition) is 1. The number of nitrogens with zero attached hydrogens (tertiary/aromatic N) is 6. The van der Waals surface area contributed by atoms with Crippen LogP contribution in [0.15, 0.2) is 64.9 Å². The first-order valence-electron chi connectivity index (χ1n) is 9.78. The van der Waals surface area contributed by atoms with Crippen molar-refractivity contribution >= 4 is 45.4 Å². The molecule has 0 amide bonds. The van der Waals surface area contributed by atoms with Gasteiger partial charge in [-0.25, -0.2) is 24.6 Å². The van der Waals surface area contributed by atoms with Crippen LogP contribution in [-0.4, -0.2) is 43.7 Å². The van der Waals surface area contributed by atoms with Gasteiger partial charge in [-0.3, -0.25) is 4.79 Å². The van der Waals surface area contributed by atoms with Gasteiger partial charge in [-0.1, -0.05) is 53.7 Å². The summed E-state index contributed by atoms with van der Waals surface area (Å²) in [7, 11) is 3.63. The fourth-order valence-electron chi connectivity index (χ4n) is 3.66. The van der Waals surface area contributed by atoms with Crippen LogP contribution >= 0.6 is 23.4 Å². The molecule has 0 fully saturated rings. The number of halogens is 1. The highest BCUT2D eigenvalue weighted by atomic mass is 35.5. The summed E-state index contributed by atoms with van der Waals surface area (Å²) in [5.74, 6) is 1.04. The van der Waals surface area contributed by atoms with E-state index in [1.54, 1.807) is 16.0 Å². The molecule has 160 valence electrons. The lowest BCUT2D eigenvalue weighted by Crippen LogP contribution is -2.39. The van der Waals surface area contributed by atoms with E-state index in [0.717, 1.165) is 16.2 Å². The summed E-state index contributed by atoms with van der Waals surface area (Å²) in [5, 5.41) is 3.57. The molecule has 32 heavy (non-hydrogen) atoms. The molecule has 0 unspecified atom stereocenters. The monoisotopic (exact) mass is 463 g/mol. The molecule has 0 aliphatic heterocycles. The second-order valence-corrected chi connectivity index (χ2v) is 8.61. The van der Waals surface area contributed by atoms with Gasteiger partial charge in [-0.05, 0) is 17.7 Å². The molecule has 1 N–H and O–H groups in total. The van der Waals surface area contributed by atoms with Crippen molar-refractivity contribution in [1.82, 2.24) is 29.6 Å². The lowest BCUT2D eigenvalue weighted by Gasteiger charge is -2.21. The average Bonchev–Trinajstić information content (AvgIpc) is 3.27. The summed E-state index contributed by atoms with van der Waals surface area (Å²) in [4.78, 5) is 34.3. The first kappa shape index (κ1) is 20.5. The minimum Gasteiger partial charge on any atom is -0.329 e. The first-order chi connectivity index (χ1) is 15.5. The molecule has 5 aromatic rings. The Morgan fingerprint density at radius 3 is 2.69 bits per heavy atom. The molecule has 0 saturated heterocycles. The van der Waals surface area contributed by atoms with Crippen molar-refractivity contribution < 1.29 is 0 Å². The Kier molecular flexibility index (Phi) is 5.28. The molecular formula is C22H18ClN7OS. The molecule has 0 spiro atoms. The lowest BCUT2D eigenvalue weighted by atomic mass is 10.0. The van der Waals surface area contributed by atoms with Crippen molar-refractivity contribution in [2.45, 2.75) is 10.8 Å². The van der Waals surface area contributed by atoms with Crippen LogP contribution in [0.3, 0.4) is 0 Å². The smallest absolute Gasteiger partial charge is 0.280 e. The number of hydrogen-bond acceptors (Lipinski definition) is 7. The number of imidazole rings is 1. The molecule has 0 aliphatic rings. The number of rotatable bonds is 5. The summed E-state index contributed by atoms with van der Waals surface area (Å²) in [6.07, 6.45) is 3.08. The molecule has 10 heteroatoms. The van der Waals surface area contributed by atoms with Crippen LogP contribution in [-0.2, 0) is 5.75 Å². The van der Waals surface area contributed by atoms with Gasteiger partial charge in [-0.15, -0.1) is 0 Å². The summed E-state index contributed by atoms with van der Waals surface area (Å²) in [5.41, 5.74) is 3.39. The molecule has 2 aromatic carbocycles. The first-order valence-corrected chi connectivity index (χ1v) is 11.1. The van der Waals surface area contributed by atoms with Gasteiger partial charge in [0.25, 0.3) is 5.56 Å². The Morgan fingerprint density at radius 2 is 1.88 bits per heavy atom. The zero-order valence-corrected chi connectivity index (χ0v) is 18.9. The molecule has 3 aromatic heterocycles. The Bertz CT molecular complexity index is 1510. The maximum Gasteiger partial charge on any atom is 0.280 e. The van der Waals surface area contributed by atoms with Gasteiger partial charge >= 0.3 is 0 Å². The van der Waals surface area contributed by atoms with Crippen molar-refractivity contribution in [3.63, 3.8) is 0 Å². The van der Waals surface area contributed by atoms with Gasteiger partial charge in [0, 0.05) is 24.7 Å². The zero-order chi connectivity index (χ0) is 22.2. The Morgan fingerprint density at radius 1 is 1.06 bits per heavy atom. The van der Waals surface area contributed by atoms with Crippen LogP contribution in [0.25, 0.3) is 33.2 Å². The molecular weight excluding hydrogens is 446 g/mol. The summed E-state index contributed by atoms with van der Waals surface area (Å²) < 4.78 is 1.58. The number of aromatic nitrogens is 6. The molecule has 0 atom stereocenters. The van der Waals surface area contributed by atoms with Crippen LogP contribution < -0.4 is 10.6 Å². The molecule has 8 nitrogen and oxygen atoms in total. The van der Waals surface area contributed by atoms with E-state index >= 15 is 0 Å². The van der Waals surface area contributed by atoms with E-state index in [1.165, 1.54) is 18.1 Å². The van der Waals surface area contributed by atoms with Gasteiger partial charge < -0.3 is 9.99 Å². The van der Waals surface area contributed by atoms with E-state index in [-0.39, 0.29) is 5.56 Å². The standard InChI is InChI=1S/C22H18ClN7OS/c1-29(2)30-17(10-32-21-19-20(25-11-24-19)26-12-27-21)28-16-9-5-7-14(18(16)22(30)31)13-6-3-4-8-15(13)23/h3-9,11-12H,10H2,1-2H3,(H,24,25,26,27). The Hall–Kier alpha value is -3.43. The number of fused-ring (bicyclic) bond motifs is 2. The van der Waals surface area contributed by atoms with E-state index in [1.807, 2.05) is 56.6 Å². The van der Waals surface area contributed by atoms with Crippen LogP contribution in [0.5, 0.6) is 0 Å². The molecule has 0 aliphatic carbocycles. The van der Waals surface area contributed by atoms with Crippen molar-refractivity contribution in [2.24, 2.45) is 0 Å². The molecule has 0 radical (unpaired) electrons. The SMILES string of the molecule is CN(C)n1c(CSc2ncnc3[nH]cnc23)nc2cccc(-c3ccccc3Cl)c2c1=O. The Labute approximate surface area is 192 Å². The van der Waals surface area contributed by atoms with Crippen molar-refractivity contribution in [3.05, 3.63) is 76.3 Å². The fraction of sp³-hybridized carbons (Fsp3) is 0.136. The second kappa shape index (κ2) is 8.25. The van der Waals surface area contributed by atoms with E-state index < -0.39 is 0 Å². The van der Waals surface area contributed by atoms with Gasteiger partial charge in [0.15, 0.2) is 5.65 Å². The van der Waals surface area contributed by atoms with Crippen LogP contribution in [0, 0.1) is 0 Å². The average molecular weight is 464 g/mol. The largest absolute Gasteiger partial charge is 0.329 e. The lowest BCUT2D eigenvalue weighted by molar-refractivity contribution is 0.660. The second-order valence-electron chi connectivity index (χ2n) is 7.24. The van der Waals surface area contributed by atoms with Gasteiger partial charge in [0.2, 0.25) is 0 Å². The third kappa shape index (κ3) is 3.49. The van der Waals surface area contributed by atoms with E-state index in [9.17, 15) is 4.79 Å². The molecule has 0 saturated carbocycles. The van der Waals surface area contributed by atoms with Crippen molar-refractivity contribution in [2.75, 3.05) is 19.1 Å². The van der Waals surface area contributed by atoms with Gasteiger partial charge in [-0.2, -0.15) is 0 Å². The Balaban J connectivity index is 1.64. The normalized spacial score (nSPS) is 11.3. The van der Waals surface area contributed by atoms with Crippen molar-refractivity contribution in [1.29, 1.82) is 0 Å². The minimum absolute atomic E-state index is 0.154. The number of aromatic amines is 1. The highest BCUT2D eigenvalue weighted by molar-refractivity contribution is 7.98. The fourth-order valence-corrected chi connectivity index (χ4v) is 4.76. The predicted molar refractivity (Wildman–Crippen MR) is 128 cm³/mol. The van der Waals surface area contributed by atoms with Crippen LogP contribution in [0.4, 0.5) is 0 Å². The van der Waals surface area contributed by atoms with Crippen LogP contribution in [0.1, 0.15) is 5.82 Å². The van der Waals surface area contributed by atoms with Gasteiger partial charge in [0.05, 0.1) is 23.0 Å².